The molecule has 0 aliphatic rings. The van der Waals surface area contributed by atoms with E-state index >= 15 is 0 Å². The van der Waals surface area contributed by atoms with Crippen LogP contribution in [-0.2, 0) is 11.2 Å². The standard InChI is InChI=1S/C13H11ClN4O2/c14-11-6-5-10(17-18-11)13(20)16-9-4-2-1-3-8(9)7-12(15)19/h1-6H,7H2,(H2,15,19)(H,16,20). The molecule has 0 unspecified atom stereocenters. The third-order valence-electron chi connectivity index (χ3n) is 2.49. The lowest BCUT2D eigenvalue weighted by Crippen LogP contribution is -2.18. The number of nitrogens with zero attached hydrogens (tertiary/aromatic N) is 2. The molecule has 0 aliphatic heterocycles. The van der Waals surface area contributed by atoms with Crippen molar-refractivity contribution in [1.29, 1.82) is 0 Å². The monoisotopic (exact) mass is 290 g/mol. The van der Waals surface area contributed by atoms with Gasteiger partial charge in [0.25, 0.3) is 5.91 Å². The van der Waals surface area contributed by atoms with Crippen LogP contribution in [0, 0.1) is 0 Å². The summed E-state index contributed by atoms with van der Waals surface area (Å²) in [5.74, 6) is -0.913. The molecule has 2 aromatic rings. The number of anilines is 1. The minimum atomic E-state index is -0.474. The summed E-state index contributed by atoms with van der Waals surface area (Å²) in [5.41, 5.74) is 6.43. The van der Waals surface area contributed by atoms with E-state index in [1.54, 1.807) is 24.3 Å². The first kappa shape index (κ1) is 14.0. The number of carbonyl (C=O) groups is 2. The first-order chi connectivity index (χ1) is 9.56. The molecule has 3 N–H and O–H groups in total. The average Bonchev–Trinajstić information content (AvgIpc) is 2.41. The number of rotatable bonds is 4. The molecule has 0 bridgehead atoms. The maximum atomic E-state index is 12.0. The van der Waals surface area contributed by atoms with Gasteiger partial charge >= 0.3 is 0 Å². The molecular weight excluding hydrogens is 280 g/mol. The van der Waals surface area contributed by atoms with Gasteiger partial charge in [-0.15, -0.1) is 10.2 Å². The van der Waals surface area contributed by atoms with Crippen LogP contribution >= 0.6 is 11.6 Å². The van der Waals surface area contributed by atoms with E-state index in [2.05, 4.69) is 15.5 Å². The zero-order chi connectivity index (χ0) is 14.5. The Morgan fingerprint density at radius 3 is 2.55 bits per heavy atom. The van der Waals surface area contributed by atoms with Crippen LogP contribution in [0.25, 0.3) is 0 Å². The highest BCUT2D eigenvalue weighted by molar-refractivity contribution is 6.29. The molecule has 7 heteroatoms. The van der Waals surface area contributed by atoms with Crippen LogP contribution in [0.3, 0.4) is 0 Å². The van der Waals surface area contributed by atoms with Crippen molar-refractivity contribution in [3.05, 3.63) is 52.8 Å². The summed E-state index contributed by atoms with van der Waals surface area (Å²) in [6.07, 6.45) is 0.0444. The van der Waals surface area contributed by atoms with Crippen molar-refractivity contribution in [2.45, 2.75) is 6.42 Å². The van der Waals surface area contributed by atoms with Crippen molar-refractivity contribution in [3.63, 3.8) is 0 Å². The fourth-order valence-corrected chi connectivity index (χ4v) is 1.71. The molecule has 0 fully saturated rings. The van der Waals surface area contributed by atoms with E-state index in [1.807, 2.05) is 0 Å². The van der Waals surface area contributed by atoms with Gasteiger partial charge in [0, 0.05) is 5.69 Å². The van der Waals surface area contributed by atoms with Gasteiger partial charge in [-0.3, -0.25) is 9.59 Å². The Bertz CT molecular complexity index is 643. The highest BCUT2D eigenvalue weighted by Crippen LogP contribution is 2.16. The molecule has 102 valence electrons. The van der Waals surface area contributed by atoms with E-state index < -0.39 is 11.8 Å². The molecule has 20 heavy (non-hydrogen) atoms. The number of amides is 2. The summed E-state index contributed by atoms with van der Waals surface area (Å²) in [4.78, 5) is 23.0. The Morgan fingerprint density at radius 2 is 1.90 bits per heavy atom. The number of hydrogen-bond donors (Lipinski definition) is 2. The van der Waals surface area contributed by atoms with Crippen LogP contribution in [0.1, 0.15) is 16.1 Å². The van der Waals surface area contributed by atoms with Crippen molar-refractivity contribution in [2.24, 2.45) is 5.73 Å². The van der Waals surface area contributed by atoms with E-state index in [0.717, 1.165) is 0 Å². The number of benzene rings is 1. The number of primary amides is 1. The molecule has 0 aliphatic carbocycles. The summed E-state index contributed by atoms with van der Waals surface area (Å²) in [6.45, 7) is 0. The average molecular weight is 291 g/mol. The summed E-state index contributed by atoms with van der Waals surface area (Å²) in [6, 6.07) is 9.83. The van der Waals surface area contributed by atoms with Crippen LogP contribution < -0.4 is 11.1 Å². The van der Waals surface area contributed by atoms with Gasteiger partial charge < -0.3 is 11.1 Å². The third kappa shape index (κ3) is 3.52. The molecule has 0 saturated heterocycles. The Hall–Kier alpha value is -2.47. The number of nitrogens with two attached hydrogens (primary N) is 1. The van der Waals surface area contributed by atoms with Crippen molar-refractivity contribution >= 4 is 29.1 Å². The molecule has 0 spiro atoms. The predicted octanol–water partition coefficient (Wildman–Crippen LogP) is 1.41. The van der Waals surface area contributed by atoms with Gasteiger partial charge in [0.2, 0.25) is 5.91 Å². The number of para-hydroxylation sites is 1. The smallest absolute Gasteiger partial charge is 0.276 e. The molecule has 6 nitrogen and oxygen atoms in total. The summed E-state index contributed by atoms with van der Waals surface area (Å²) >= 11 is 5.60. The second kappa shape index (κ2) is 6.12. The van der Waals surface area contributed by atoms with Gasteiger partial charge in [0.15, 0.2) is 10.8 Å². The predicted molar refractivity (Wildman–Crippen MR) is 74.3 cm³/mol. The van der Waals surface area contributed by atoms with Crippen LogP contribution in [0.2, 0.25) is 5.15 Å². The highest BCUT2D eigenvalue weighted by atomic mass is 35.5. The molecule has 0 atom stereocenters. The SMILES string of the molecule is NC(=O)Cc1ccccc1NC(=O)c1ccc(Cl)nn1. The Kier molecular flexibility index (Phi) is 4.27. The molecule has 1 aromatic carbocycles. The zero-order valence-electron chi connectivity index (χ0n) is 10.3. The molecule has 2 rings (SSSR count). The molecule has 1 heterocycles. The van der Waals surface area contributed by atoms with Crippen molar-refractivity contribution in [2.75, 3.05) is 5.32 Å². The van der Waals surface area contributed by atoms with Crippen LogP contribution in [-0.4, -0.2) is 22.0 Å². The minimum absolute atomic E-state index is 0.0444. The number of aromatic nitrogens is 2. The second-order valence-electron chi connectivity index (χ2n) is 4.00. The Morgan fingerprint density at radius 1 is 1.15 bits per heavy atom. The van der Waals surface area contributed by atoms with Gasteiger partial charge in [-0.05, 0) is 23.8 Å². The second-order valence-corrected chi connectivity index (χ2v) is 4.38. The first-order valence-electron chi connectivity index (χ1n) is 5.73. The topological polar surface area (TPSA) is 98.0 Å². The Labute approximate surface area is 120 Å². The quantitative estimate of drug-likeness (QED) is 0.889. The number of halogens is 1. The van der Waals surface area contributed by atoms with Crippen molar-refractivity contribution < 1.29 is 9.59 Å². The molecule has 0 saturated carbocycles. The highest BCUT2D eigenvalue weighted by Gasteiger charge is 2.11. The largest absolute Gasteiger partial charge is 0.369 e. The maximum Gasteiger partial charge on any atom is 0.276 e. The van der Waals surface area contributed by atoms with Crippen LogP contribution in [0.4, 0.5) is 5.69 Å². The summed E-state index contributed by atoms with van der Waals surface area (Å²) < 4.78 is 0. The lowest BCUT2D eigenvalue weighted by atomic mass is 10.1. The lowest BCUT2D eigenvalue weighted by Gasteiger charge is -2.09. The number of hydrogen-bond acceptors (Lipinski definition) is 4. The van der Waals surface area contributed by atoms with Gasteiger partial charge in [0.05, 0.1) is 6.42 Å². The van der Waals surface area contributed by atoms with Gasteiger partial charge in [-0.25, -0.2) is 0 Å². The lowest BCUT2D eigenvalue weighted by molar-refractivity contribution is -0.117. The number of carbonyl (C=O) groups excluding carboxylic acids is 2. The van der Waals surface area contributed by atoms with Crippen molar-refractivity contribution in [3.8, 4) is 0 Å². The van der Waals surface area contributed by atoms with E-state index in [9.17, 15) is 9.59 Å². The van der Waals surface area contributed by atoms with Crippen LogP contribution in [0.15, 0.2) is 36.4 Å². The minimum Gasteiger partial charge on any atom is -0.369 e. The first-order valence-corrected chi connectivity index (χ1v) is 6.11. The molecular formula is C13H11ClN4O2. The van der Waals surface area contributed by atoms with E-state index in [0.29, 0.717) is 11.3 Å². The fraction of sp³-hybridized carbons (Fsp3) is 0.0769. The Balaban J connectivity index is 2.19. The summed E-state index contributed by atoms with van der Waals surface area (Å²) in [7, 11) is 0. The molecule has 2 amide bonds. The summed E-state index contributed by atoms with van der Waals surface area (Å²) in [5, 5.41) is 10.1. The fourth-order valence-electron chi connectivity index (χ4n) is 1.61. The molecule has 1 aromatic heterocycles. The number of nitrogens with one attached hydrogen (secondary N) is 1. The van der Waals surface area contributed by atoms with Crippen LogP contribution in [0.5, 0.6) is 0 Å². The van der Waals surface area contributed by atoms with E-state index in [-0.39, 0.29) is 17.3 Å². The maximum absolute atomic E-state index is 12.0. The zero-order valence-corrected chi connectivity index (χ0v) is 11.1. The van der Waals surface area contributed by atoms with Gasteiger partial charge in [0.1, 0.15) is 0 Å². The van der Waals surface area contributed by atoms with Gasteiger partial charge in [-0.1, -0.05) is 29.8 Å². The normalized spacial score (nSPS) is 10.1. The molecule has 0 radical (unpaired) electrons. The van der Waals surface area contributed by atoms with Crippen molar-refractivity contribution in [1.82, 2.24) is 10.2 Å². The van der Waals surface area contributed by atoms with E-state index in [4.69, 9.17) is 17.3 Å². The van der Waals surface area contributed by atoms with E-state index in [1.165, 1.54) is 12.1 Å². The van der Waals surface area contributed by atoms with Gasteiger partial charge in [-0.2, -0.15) is 0 Å². The third-order valence-corrected chi connectivity index (χ3v) is 2.70.